The number of rotatable bonds is 7. The maximum atomic E-state index is 13.9. The Bertz CT molecular complexity index is 934. The van der Waals surface area contributed by atoms with Gasteiger partial charge in [0.1, 0.15) is 12.4 Å². The van der Waals surface area contributed by atoms with Crippen LogP contribution in [0.3, 0.4) is 0 Å². The van der Waals surface area contributed by atoms with Crippen molar-refractivity contribution in [3.05, 3.63) is 56.8 Å². The van der Waals surface area contributed by atoms with Gasteiger partial charge >= 0.3 is 0 Å². The third kappa shape index (κ3) is 4.40. The Balaban J connectivity index is 1.77. The molecular formula is C16H15BrClFN6O2. The lowest BCUT2D eigenvalue weighted by Gasteiger charge is -2.15. The first-order chi connectivity index (χ1) is 13.0. The number of nitrogens with zero attached hydrogens (tertiary/aromatic N) is 4. The molecule has 0 bridgehead atoms. The Labute approximate surface area is 167 Å². The number of hydrogen-bond acceptors (Lipinski definition) is 7. The van der Waals surface area contributed by atoms with Gasteiger partial charge in [-0.05, 0) is 56.2 Å². The highest BCUT2D eigenvalue weighted by molar-refractivity contribution is 9.10. The van der Waals surface area contributed by atoms with E-state index in [9.17, 15) is 4.39 Å². The average molecular weight is 458 g/mol. The van der Waals surface area contributed by atoms with Gasteiger partial charge < -0.3 is 20.6 Å². The number of hydrogen-bond donors (Lipinski definition) is 2. The zero-order valence-corrected chi connectivity index (χ0v) is 16.5. The van der Waals surface area contributed by atoms with E-state index in [-0.39, 0.29) is 18.1 Å². The summed E-state index contributed by atoms with van der Waals surface area (Å²) in [5.74, 6) is 0.612. The van der Waals surface area contributed by atoms with Crippen LogP contribution in [0.1, 0.15) is 11.1 Å². The Morgan fingerprint density at radius 3 is 2.85 bits per heavy atom. The van der Waals surface area contributed by atoms with E-state index in [4.69, 9.17) is 26.8 Å². The molecule has 3 aromatic rings. The van der Waals surface area contributed by atoms with E-state index in [0.29, 0.717) is 27.5 Å². The molecule has 0 saturated carbocycles. The van der Waals surface area contributed by atoms with E-state index in [1.165, 1.54) is 24.0 Å². The van der Waals surface area contributed by atoms with Crippen molar-refractivity contribution < 1.29 is 13.9 Å². The van der Waals surface area contributed by atoms with Crippen LogP contribution >= 0.6 is 27.5 Å². The van der Waals surface area contributed by atoms with E-state index in [1.807, 2.05) is 6.07 Å². The van der Waals surface area contributed by atoms with Crippen molar-refractivity contribution in [1.82, 2.24) is 20.3 Å². The molecule has 2 aromatic carbocycles. The summed E-state index contributed by atoms with van der Waals surface area (Å²) in [6, 6.07) is 8.08. The molecule has 8 nitrogen and oxygen atoms in total. The summed E-state index contributed by atoms with van der Waals surface area (Å²) in [7, 11) is 1.52. The predicted octanol–water partition coefficient (Wildman–Crippen LogP) is 3.14. The minimum atomic E-state index is -0.433. The fraction of sp³-hybridized carbons (Fsp3) is 0.188. The number of nitrogen functional groups attached to an aromatic ring is 1. The van der Waals surface area contributed by atoms with E-state index < -0.39 is 5.82 Å². The fourth-order valence-electron chi connectivity index (χ4n) is 2.30. The van der Waals surface area contributed by atoms with Crippen molar-refractivity contribution in [3.8, 4) is 11.5 Å². The molecule has 0 atom stereocenters. The van der Waals surface area contributed by atoms with Crippen LogP contribution in [0, 0.1) is 5.82 Å². The second kappa shape index (κ2) is 8.40. The second-order valence-electron chi connectivity index (χ2n) is 5.38. The molecule has 0 aliphatic carbocycles. The van der Waals surface area contributed by atoms with E-state index in [0.717, 1.165) is 5.56 Å². The largest absolute Gasteiger partial charge is 0.493 e. The summed E-state index contributed by atoms with van der Waals surface area (Å²) in [5.41, 5.74) is 9.68. The SMILES string of the molecule is COc1cc(CNn2nnnc2N)cc(Br)c1OCc1c(F)cccc1Cl. The van der Waals surface area contributed by atoms with Gasteiger partial charge in [0.2, 0.25) is 0 Å². The Morgan fingerprint density at radius 2 is 2.19 bits per heavy atom. The van der Waals surface area contributed by atoms with Gasteiger partial charge in [-0.25, -0.2) is 4.39 Å². The van der Waals surface area contributed by atoms with Crippen LogP contribution in [0.2, 0.25) is 5.02 Å². The first-order valence-corrected chi connectivity index (χ1v) is 8.86. The zero-order chi connectivity index (χ0) is 19.4. The normalized spacial score (nSPS) is 10.7. The number of methoxy groups -OCH3 is 1. The van der Waals surface area contributed by atoms with Gasteiger partial charge in [0.05, 0.1) is 23.1 Å². The molecular weight excluding hydrogens is 443 g/mol. The molecule has 0 radical (unpaired) electrons. The minimum Gasteiger partial charge on any atom is -0.493 e. The van der Waals surface area contributed by atoms with Gasteiger partial charge in [-0.15, -0.1) is 4.79 Å². The van der Waals surface area contributed by atoms with Crippen molar-refractivity contribution in [2.45, 2.75) is 13.2 Å². The molecule has 0 amide bonds. The lowest BCUT2D eigenvalue weighted by atomic mass is 10.2. The van der Waals surface area contributed by atoms with Gasteiger partial charge in [-0.1, -0.05) is 22.8 Å². The maximum Gasteiger partial charge on any atom is 0.260 e. The molecule has 1 heterocycles. The van der Waals surface area contributed by atoms with Crippen LogP contribution in [0.5, 0.6) is 11.5 Å². The Morgan fingerprint density at radius 1 is 1.37 bits per heavy atom. The van der Waals surface area contributed by atoms with E-state index >= 15 is 0 Å². The molecule has 3 rings (SSSR count). The van der Waals surface area contributed by atoms with Crippen LogP contribution in [-0.2, 0) is 13.2 Å². The number of anilines is 1. The number of aromatic nitrogens is 4. The highest BCUT2D eigenvalue weighted by atomic mass is 79.9. The Hall–Kier alpha value is -2.59. The smallest absolute Gasteiger partial charge is 0.260 e. The maximum absolute atomic E-state index is 13.9. The molecule has 1 aromatic heterocycles. The molecule has 0 fully saturated rings. The molecule has 0 aliphatic heterocycles. The van der Waals surface area contributed by atoms with Crippen molar-refractivity contribution in [2.24, 2.45) is 0 Å². The summed E-state index contributed by atoms with van der Waals surface area (Å²) in [5, 5.41) is 11.0. The van der Waals surface area contributed by atoms with Gasteiger partial charge in [-0.2, -0.15) is 0 Å². The Kier molecular flexibility index (Phi) is 5.97. The van der Waals surface area contributed by atoms with Crippen LogP contribution in [0.25, 0.3) is 0 Å². The fourth-order valence-corrected chi connectivity index (χ4v) is 3.12. The first kappa shape index (κ1) is 19.2. The molecule has 0 aliphatic rings. The van der Waals surface area contributed by atoms with Gasteiger partial charge in [0.25, 0.3) is 5.95 Å². The van der Waals surface area contributed by atoms with Gasteiger partial charge in [-0.3, -0.25) is 0 Å². The number of ether oxygens (including phenoxy) is 2. The molecule has 27 heavy (non-hydrogen) atoms. The molecule has 142 valence electrons. The van der Waals surface area contributed by atoms with Crippen LogP contribution < -0.4 is 20.6 Å². The van der Waals surface area contributed by atoms with Crippen molar-refractivity contribution in [1.29, 1.82) is 0 Å². The molecule has 0 spiro atoms. The first-order valence-electron chi connectivity index (χ1n) is 7.69. The molecule has 11 heteroatoms. The van der Waals surface area contributed by atoms with Crippen LogP contribution in [0.4, 0.5) is 10.3 Å². The number of tetrazole rings is 1. The van der Waals surface area contributed by atoms with Crippen molar-refractivity contribution in [2.75, 3.05) is 18.3 Å². The van der Waals surface area contributed by atoms with Crippen molar-refractivity contribution in [3.63, 3.8) is 0 Å². The number of benzene rings is 2. The summed E-state index contributed by atoms with van der Waals surface area (Å²) >= 11 is 9.49. The number of nitrogens with one attached hydrogen (secondary N) is 1. The van der Waals surface area contributed by atoms with Gasteiger partial charge in [0.15, 0.2) is 11.5 Å². The minimum absolute atomic E-state index is 0.0424. The third-order valence-corrected chi connectivity index (χ3v) is 4.58. The average Bonchev–Trinajstić information content (AvgIpc) is 3.05. The molecule has 0 saturated heterocycles. The van der Waals surface area contributed by atoms with Gasteiger partial charge in [0, 0.05) is 5.56 Å². The quantitative estimate of drug-likeness (QED) is 0.562. The summed E-state index contributed by atoms with van der Waals surface area (Å²) in [6.45, 7) is 0.336. The van der Waals surface area contributed by atoms with Crippen molar-refractivity contribution >= 4 is 33.5 Å². The van der Waals surface area contributed by atoms with E-state index in [1.54, 1.807) is 12.1 Å². The number of halogens is 3. The lowest BCUT2D eigenvalue weighted by molar-refractivity contribution is 0.277. The van der Waals surface area contributed by atoms with Crippen LogP contribution in [0.15, 0.2) is 34.8 Å². The van der Waals surface area contributed by atoms with E-state index in [2.05, 4.69) is 36.9 Å². The molecule has 0 unspecified atom stereocenters. The monoisotopic (exact) mass is 456 g/mol. The zero-order valence-electron chi connectivity index (χ0n) is 14.1. The standard InChI is InChI=1S/C16H15BrClFN6O2/c1-26-14-6-9(7-21-25-16(20)22-23-24-25)5-11(17)15(14)27-8-10-12(18)3-2-4-13(10)19/h2-6,21H,7-8H2,1H3,(H2,20,22,24). The second-order valence-corrected chi connectivity index (χ2v) is 6.64. The molecule has 3 N–H and O–H groups in total. The third-order valence-electron chi connectivity index (χ3n) is 3.64. The summed E-state index contributed by atoms with van der Waals surface area (Å²) in [4.78, 5) is 1.25. The highest BCUT2D eigenvalue weighted by Crippen LogP contribution is 2.37. The number of nitrogens with two attached hydrogens (primary N) is 1. The topological polar surface area (TPSA) is 100 Å². The summed E-state index contributed by atoms with van der Waals surface area (Å²) in [6.07, 6.45) is 0. The highest BCUT2D eigenvalue weighted by Gasteiger charge is 2.15. The summed E-state index contributed by atoms with van der Waals surface area (Å²) < 4.78 is 25.7. The van der Waals surface area contributed by atoms with Crippen LogP contribution in [-0.4, -0.2) is 27.4 Å². The predicted molar refractivity (Wildman–Crippen MR) is 102 cm³/mol. The lowest BCUT2D eigenvalue weighted by Crippen LogP contribution is -2.18.